The molecule has 0 unspecified atom stereocenters. The number of carbonyl (C=O) groups is 1. The maximum atomic E-state index is 12.1. The maximum absolute atomic E-state index is 12.1. The Bertz CT molecular complexity index is 682. The molecule has 1 aliphatic heterocycles. The van der Waals surface area contributed by atoms with E-state index < -0.39 is 0 Å². The Morgan fingerprint density at radius 2 is 1.54 bits per heavy atom. The standard InChI is InChI=1S/C21H26ClN3O/c22-20-8-6-18(7-9-20)10-11-23-21(26)17-25-14-12-24(13-15-25)16-19-4-2-1-3-5-19/h1-9H,10-17H2,(H,23,26). The number of benzene rings is 2. The third-order valence-corrected chi connectivity index (χ3v) is 4.98. The van der Waals surface area contributed by atoms with Gasteiger partial charge in [0.25, 0.3) is 0 Å². The fraction of sp³-hybridized carbons (Fsp3) is 0.381. The number of amides is 1. The summed E-state index contributed by atoms with van der Waals surface area (Å²) in [6, 6.07) is 18.3. The van der Waals surface area contributed by atoms with Gasteiger partial charge in [-0.25, -0.2) is 0 Å². The van der Waals surface area contributed by atoms with Gasteiger partial charge in [-0.05, 0) is 29.7 Å². The minimum Gasteiger partial charge on any atom is -0.355 e. The summed E-state index contributed by atoms with van der Waals surface area (Å²) in [6.45, 7) is 6.03. The van der Waals surface area contributed by atoms with Gasteiger partial charge in [0.1, 0.15) is 0 Å². The van der Waals surface area contributed by atoms with Crippen molar-refractivity contribution in [3.63, 3.8) is 0 Å². The second-order valence-corrected chi connectivity index (χ2v) is 7.20. The molecule has 0 saturated carbocycles. The highest BCUT2D eigenvalue weighted by Crippen LogP contribution is 2.10. The van der Waals surface area contributed by atoms with Crippen molar-refractivity contribution in [1.82, 2.24) is 15.1 Å². The second-order valence-electron chi connectivity index (χ2n) is 6.76. The van der Waals surface area contributed by atoms with E-state index in [4.69, 9.17) is 11.6 Å². The van der Waals surface area contributed by atoms with Crippen LogP contribution in [0.25, 0.3) is 0 Å². The van der Waals surface area contributed by atoms with Crippen LogP contribution in [0.15, 0.2) is 54.6 Å². The lowest BCUT2D eigenvalue weighted by atomic mass is 10.1. The van der Waals surface area contributed by atoms with Gasteiger partial charge in [0.05, 0.1) is 6.54 Å². The lowest BCUT2D eigenvalue weighted by Crippen LogP contribution is -2.49. The maximum Gasteiger partial charge on any atom is 0.234 e. The third-order valence-electron chi connectivity index (χ3n) is 4.73. The van der Waals surface area contributed by atoms with Crippen LogP contribution in [0.3, 0.4) is 0 Å². The topological polar surface area (TPSA) is 35.6 Å². The molecule has 1 saturated heterocycles. The van der Waals surface area contributed by atoms with Crippen molar-refractivity contribution < 1.29 is 4.79 Å². The zero-order chi connectivity index (χ0) is 18.2. The van der Waals surface area contributed by atoms with Crippen molar-refractivity contribution in [2.75, 3.05) is 39.3 Å². The first kappa shape index (κ1) is 18.9. The molecular formula is C21H26ClN3O. The monoisotopic (exact) mass is 371 g/mol. The van der Waals surface area contributed by atoms with Crippen molar-refractivity contribution in [3.05, 3.63) is 70.7 Å². The summed E-state index contributed by atoms with van der Waals surface area (Å²) in [6.07, 6.45) is 0.827. The first-order chi connectivity index (χ1) is 12.7. The van der Waals surface area contributed by atoms with Gasteiger partial charge in [0.2, 0.25) is 5.91 Å². The van der Waals surface area contributed by atoms with Crippen LogP contribution in [0, 0.1) is 0 Å². The number of carbonyl (C=O) groups excluding carboxylic acids is 1. The lowest BCUT2D eigenvalue weighted by Gasteiger charge is -2.34. The first-order valence-electron chi connectivity index (χ1n) is 9.19. The van der Waals surface area contributed by atoms with Crippen LogP contribution in [0.2, 0.25) is 5.02 Å². The van der Waals surface area contributed by atoms with Crippen LogP contribution in [0.5, 0.6) is 0 Å². The molecule has 1 amide bonds. The fourth-order valence-corrected chi connectivity index (χ4v) is 3.33. The molecule has 2 aromatic carbocycles. The molecule has 2 aromatic rings. The molecule has 0 spiro atoms. The molecule has 138 valence electrons. The summed E-state index contributed by atoms with van der Waals surface area (Å²) < 4.78 is 0. The molecule has 0 bridgehead atoms. The molecule has 3 rings (SSSR count). The van der Waals surface area contributed by atoms with Gasteiger partial charge in [-0.3, -0.25) is 14.6 Å². The average molecular weight is 372 g/mol. The summed E-state index contributed by atoms with van der Waals surface area (Å²) in [5.41, 5.74) is 2.53. The van der Waals surface area contributed by atoms with E-state index in [0.717, 1.165) is 44.2 Å². The van der Waals surface area contributed by atoms with Crippen molar-refractivity contribution in [3.8, 4) is 0 Å². The molecule has 0 aromatic heterocycles. The Hall–Kier alpha value is -1.88. The fourth-order valence-electron chi connectivity index (χ4n) is 3.20. The Labute approximate surface area is 160 Å². The average Bonchev–Trinajstić information content (AvgIpc) is 2.66. The highest BCUT2D eigenvalue weighted by atomic mass is 35.5. The quantitative estimate of drug-likeness (QED) is 0.813. The van der Waals surface area contributed by atoms with E-state index in [-0.39, 0.29) is 5.91 Å². The zero-order valence-corrected chi connectivity index (χ0v) is 15.8. The summed E-state index contributed by atoms with van der Waals surface area (Å²) in [5.74, 6) is 0.107. The molecule has 1 heterocycles. The van der Waals surface area contributed by atoms with Gasteiger partial charge in [0.15, 0.2) is 0 Å². The zero-order valence-electron chi connectivity index (χ0n) is 15.0. The van der Waals surface area contributed by atoms with Crippen molar-refractivity contribution in [2.24, 2.45) is 0 Å². The number of halogens is 1. The lowest BCUT2D eigenvalue weighted by molar-refractivity contribution is -0.122. The number of hydrogen-bond donors (Lipinski definition) is 1. The van der Waals surface area contributed by atoms with Gasteiger partial charge in [-0.2, -0.15) is 0 Å². The van der Waals surface area contributed by atoms with Gasteiger partial charge < -0.3 is 5.32 Å². The largest absolute Gasteiger partial charge is 0.355 e. The van der Waals surface area contributed by atoms with Crippen molar-refractivity contribution in [2.45, 2.75) is 13.0 Å². The van der Waals surface area contributed by atoms with Gasteiger partial charge in [-0.15, -0.1) is 0 Å². The number of rotatable bonds is 7. The predicted molar refractivity (Wildman–Crippen MR) is 106 cm³/mol. The van der Waals surface area contributed by atoms with Crippen LogP contribution in [0.4, 0.5) is 0 Å². The van der Waals surface area contributed by atoms with E-state index in [1.54, 1.807) is 0 Å². The Morgan fingerprint density at radius 1 is 0.885 bits per heavy atom. The van der Waals surface area contributed by atoms with E-state index in [9.17, 15) is 4.79 Å². The van der Waals surface area contributed by atoms with Gasteiger partial charge in [0, 0.05) is 44.3 Å². The first-order valence-corrected chi connectivity index (χ1v) is 9.56. The Balaban J connectivity index is 1.32. The van der Waals surface area contributed by atoms with E-state index in [1.807, 2.05) is 30.3 Å². The number of nitrogens with one attached hydrogen (secondary N) is 1. The Morgan fingerprint density at radius 3 is 2.23 bits per heavy atom. The van der Waals surface area contributed by atoms with Crippen LogP contribution in [0.1, 0.15) is 11.1 Å². The summed E-state index contributed by atoms with van der Waals surface area (Å²) in [7, 11) is 0. The Kier molecular flexibility index (Phi) is 7.06. The third kappa shape index (κ3) is 6.13. The van der Waals surface area contributed by atoms with E-state index in [0.29, 0.717) is 13.1 Å². The number of nitrogens with zero attached hydrogens (tertiary/aromatic N) is 2. The van der Waals surface area contributed by atoms with E-state index >= 15 is 0 Å². The molecule has 26 heavy (non-hydrogen) atoms. The molecular weight excluding hydrogens is 346 g/mol. The van der Waals surface area contributed by atoms with Crippen LogP contribution >= 0.6 is 11.6 Å². The molecule has 0 aliphatic carbocycles. The summed E-state index contributed by atoms with van der Waals surface area (Å²) >= 11 is 5.88. The SMILES string of the molecule is O=C(CN1CCN(Cc2ccccc2)CC1)NCCc1ccc(Cl)cc1. The van der Waals surface area contributed by atoms with E-state index in [2.05, 4.69) is 39.4 Å². The predicted octanol–water partition coefficient (Wildman–Crippen LogP) is 2.82. The molecule has 1 fully saturated rings. The molecule has 1 N–H and O–H groups in total. The molecule has 4 nitrogen and oxygen atoms in total. The minimum atomic E-state index is 0.107. The highest BCUT2D eigenvalue weighted by Gasteiger charge is 2.18. The minimum absolute atomic E-state index is 0.107. The van der Waals surface area contributed by atoms with Crippen LogP contribution in [-0.2, 0) is 17.8 Å². The second kappa shape index (κ2) is 9.72. The van der Waals surface area contributed by atoms with Gasteiger partial charge >= 0.3 is 0 Å². The normalized spacial score (nSPS) is 15.7. The van der Waals surface area contributed by atoms with Crippen LogP contribution < -0.4 is 5.32 Å². The smallest absolute Gasteiger partial charge is 0.234 e. The number of piperazine rings is 1. The number of hydrogen-bond acceptors (Lipinski definition) is 3. The summed E-state index contributed by atoms with van der Waals surface area (Å²) in [4.78, 5) is 16.8. The van der Waals surface area contributed by atoms with Gasteiger partial charge in [-0.1, -0.05) is 54.1 Å². The molecule has 5 heteroatoms. The molecule has 0 atom stereocenters. The van der Waals surface area contributed by atoms with Crippen LogP contribution in [-0.4, -0.2) is 55.0 Å². The highest BCUT2D eigenvalue weighted by molar-refractivity contribution is 6.30. The molecule has 1 aliphatic rings. The van der Waals surface area contributed by atoms with Crippen molar-refractivity contribution >= 4 is 17.5 Å². The molecule has 0 radical (unpaired) electrons. The van der Waals surface area contributed by atoms with E-state index in [1.165, 1.54) is 11.1 Å². The summed E-state index contributed by atoms with van der Waals surface area (Å²) in [5, 5.41) is 3.76. The van der Waals surface area contributed by atoms with Crippen molar-refractivity contribution in [1.29, 1.82) is 0 Å².